The Morgan fingerprint density at radius 3 is 2.28 bits per heavy atom. The molecule has 0 saturated heterocycles. The predicted molar refractivity (Wildman–Crippen MR) is 112 cm³/mol. The highest BCUT2D eigenvalue weighted by molar-refractivity contribution is 6.01. The first-order valence-electron chi connectivity index (χ1n) is 9.90. The summed E-state index contributed by atoms with van der Waals surface area (Å²) in [4.78, 5) is 12.9. The molecule has 5 nitrogen and oxygen atoms in total. The molecule has 32 heavy (non-hydrogen) atoms. The van der Waals surface area contributed by atoms with E-state index in [0.717, 1.165) is 6.07 Å². The van der Waals surface area contributed by atoms with E-state index < -0.39 is 29.7 Å². The fraction of sp³-hybridized carbons (Fsp3) is 0.208. The van der Waals surface area contributed by atoms with Crippen molar-refractivity contribution < 1.29 is 33.3 Å². The Morgan fingerprint density at radius 1 is 0.938 bits per heavy atom. The van der Waals surface area contributed by atoms with E-state index in [2.05, 4.69) is 5.32 Å². The van der Waals surface area contributed by atoms with Gasteiger partial charge in [-0.1, -0.05) is 36.4 Å². The van der Waals surface area contributed by atoms with Crippen LogP contribution in [-0.4, -0.2) is 21.2 Å². The Morgan fingerprint density at radius 2 is 1.66 bits per heavy atom. The minimum absolute atomic E-state index is 0.0122. The molecule has 166 valence electrons. The molecule has 4 N–H and O–H groups in total. The van der Waals surface area contributed by atoms with Gasteiger partial charge in [0.1, 0.15) is 0 Å². The highest BCUT2D eigenvalue weighted by Crippen LogP contribution is 2.50. The molecule has 1 saturated carbocycles. The Labute approximate surface area is 181 Å². The molecule has 1 amide bonds. The molecule has 3 aromatic carbocycles. The van der Waals surface area contributed by atoms with Crippen LogP contribution in [0.5, 0.6) is 11.5 Å². The van der Waals surface area contributed by atoms with Crippen LogP contribution in [0.2, 0.25) is 0 Å². The van der Waals surface area contributed by atoms with Gasteiger partial charge in [0.15, 0.2) is 11.5 Å². The minimum Gasteiger partial charge on any atom is -0.504 e. The number of phenolic OH excluding ortho intramolecular Hbond substituents is 2. The van der Waals surface area contributed by atoms with Crippen molar-refractivity contribution in [2.45, 2.75) is 31.0 Å². The number of amides is 1. The lowest BCUT2D eigenvalue weighted by atomic mass is 9.93. The van der Waals surface area contributed by atoms with Gasteiger partial charge in [-0.2, -0.15) is 13.2 Å². The van der Waals surface area contributed by atoms with Crippen molar-refractivity contribution in [3.05, 3.63) is 77.4 Å². The maximum Gasteiger partial charge on any atom is 0.417 e. The third-order valence-electron chi connectivity index (χ3n) is 5.77. The molecule has 4 rings (SSSR count). The van der Waals surface area contributed by atoms with Crippen molar-refractivity contribution in [2.75, 3.05) is 5.32 Å². The summed E-state index contributed by atoms with van der Waals surface area (Å²) >= 11 is 0. The largest absolute Gasteiger partial charge is 0.504 e. The molecule has 1 aliphatic carbocycles. The number of phenols is 2. The third-order valence-corrected chi connectivity index (χ3v) is 5.77. The fourth-order valence-corrected chi connectivity index (χ4v) is 3.86. The van der Waals surface area contributed by atoms with Gasteiger partial charge in [-0.3, -0.25) is 4.79 Å². The Balaban J connectivity index is 1.68. The number of rotatable bonds is 5. The molecule has 0 unspecified atom stereocenters. The van der Waals surface area contributed by atoms with E-state index in [1.807, 2.05) is 0 Å². The summed E-state index contributed by atoms with van der Waals surface area (Å²) in [6.07, 6.45) is -3.74. The highest BCUT2D eigenvalue weighted by Gasteiger charge is 2.51. The van der Waals surface area contributed by atoms with Gasteiger partial charge in [0, 0.05) is 5.69 Å². The van der Waals surface area contributed by atoms with Crippen molar-refractivity contribution in [1.29, 1.82) is 0 Å². The summed E-state index contributed by atoms with van der Waals surface area (Å²) in [5, 5.41) is 31.3. The molecule has 0 heterocycles. The van der Waals surface area contributed by atoms with Crippen LogP contribution >= 0.6 is 0 Å². The zero-order chi connectivity index (χ0) is 23.1. The Hall–Kier alpha value is -3.52. The molecule has 0 spiro atoms. The maximum absolute atomic E-state index is 13.9. The molecule has 1 aliphatic rings. The average Bonchev–Trinajstić information content (AvgIpc) is 3.57. The van der Waals surface area contributed by atoms with Crippen LogP contribution in [0.1, 0.15) is 29.5 Å². The number of aromatic hydroxyl groups is 2. The standard InChI is InChI=1S/C24H20F3NO4/c25-24(26,27)19-12-16(6-7-18(19)17-4-2-1-3-14(17)13-29)28-22(32)23(9-10-23)15-5-8-20(30)21(31)11-15/h1-8,11-12,29-31H,9-10,13H2,(H,28,32). The van der Waals surface area contributed by atoms with E-state index >= 15 is 0 Å². The predicted octanol–water partition coefficient (Wildman–Crippen LogP) is 4.95. The van der Waals surface area contributed by atoms with Crippen LogP contribution in [0.4, 0.5) is 18.9 Å². The van der Waals surface area contributed by atoms with Crippen LogP contribution in [0.15, 0.2) is 60.7 Å². The number of benzene rings is 3. The number of hydrogen-bond acceptors (Lipinski definition) is 4. The number of halogens is 3. The van der Waals surface area contributed by atoms with Gasteiger partial charge < -0.3 is 20.6 Å². The zero-order valence-corrected chi connectivity index (χ0v) is 16.8. The van der Waals surface area contributed by atoms with Crippen molar-refractivity contribution in [3.63, 3.8) is 0 Å². The van der Waals surface area contributed by atoms with E-state index in [9.17, 15) is 33.3 Å². The molecule has 0 atom stereocenters. The second-order valence-electron chi connectivity index (χ2n) is 7.81. The van der Waals surface area contributed by atoms with Crippen LogP contribution in [0, 0.1) is 0 Å². The normalized spacial score (nSPS) is 14.8. The molecular formula is C24H20F3NO4. The Bertz CT molecular complexity index is 1190. The second kappa shape index (κ2) is 7.87. The van der Waals surface area contributed by atoms with Gasteiger partial charge in [-0.25, -0.2) is 0 Å². The van der Waals surface area contributed by atoms with Crippen molar-refractivity contribution in [3.8, 4) is 22.6 Å². The number of hydrogen-bond donors (Lipinski definition) is 4. The highest BCUT2D eigenvalue weighted by atomic mass is 19.4. The van der Waals surface area contributed by atoms with Crippen molar-refractivity contribution >= 4 is 11.6 Å². The number of alkyl halides is 3. The van der Waals surface area contributed by atoms with E-state index in [-0.39, 0.29) is 28.3 Å². The van der Waals surface area contributed by atoms with Crippen molar-refractivity contribution in [1.82, 2.24) is 0 Å². The molecule has 8 heteroatoms. The SMILES string of the molecule is O=C(Nc1ccc(-c2ccccc2CO)c(C(F)(F)F)c1)C1(c2ccc(O)c(O)c2)CC1. The average molecular weight is 443 g/mol. The maximum atomic E-state index is 13.9. The summed E-state index contributed by atoms with van der Waals surface area (Å²) < 4.78 is 41.6. The lowest BCUT2D eigenvalue weighted by Crippen LogP contribution is -2.28. The lowest BCUT2D eigenvalue weighted by molar-refractivity contribution is -0.137. The summed E-state index contributed by atoms with van der Waals surface area (Å²) in [5.74, 6) is -1.18. The summed E-state index contributed by atoms with van der Waals surface area (Å²) in [5.41, 5.74) is -0.895. The third kappa shape index (κ3) is 3.89. The van der Waals surface area contributed by atoms with Crippen LogP contribution in [0.25, 0.3) is 11.1 Å². The Kier molecular flexibility index (Phi) is 5.34. The number of carbonyl (C=O) groups excluding carboxylic acids is 1. The topological polar surface area (TPSA) is 89.8 Å². The molecule has 0 bridgehead atoms. The van der Waals surface area contributed by atoms with Gasteiger partial charge in [-0.15, -0.1) is 0 Å². The number of nitrogens with one attached hydrogen (secondary N) is 1. The number of aliphatic hydroxyl groups is 1. The molecule has 0 radical (unpaired) electrons. The number of anilines is 1. The van der Waals surface area contributed by atoms with E-state index in [4.69, 9.17) is 0 Å². The monoisotopic (exact) mass is 443 g/mol. The number of carbonyl (C=O) groups is 1. The fourth-order valence-electron chi connectivity index (χ4n) is 3.86. The molecule has 0 aliphatic heterocycles. The van der Waals surface area contributed by atoms with Gasteiger partial charge >= 0.3 is 6.18 Å². The zero-order valence-electron chi connectivity index (χ0n) is 16.8. The first kappa shape index (κ1) is 21.7. The molecule has 0 aromatic heterocycles. The summed E-state index contributed by atoms with van der Waals surface area (Å²) in [6, 6.07) is 13.9. The quantitative estimate of drug-likeness (QED) is 0.420. The summed E-state index contributed by atoms with van der Waals surface area (Å²) in [6.45, 7) is -0.409. The smallest absolute Gasteiger partial charge is 0.417 e. The first-order chi connectivity index (χ1) is 15.2. The van der Waals surface area contributed by atoms with Crippen molar-refractivity contribution in [2.24, 2.45) is 0 Å². The molecule has 3 aromatic rings. The summed E-state index contributed by atoms with van der Waals surface area (Å²) in [7, 11) is 0. The minimum atomic E-state index is -4.68. The van der Waals surface area contributed by atoms with E-state index in [1.54, 1.807) is 18.2 Å². The van der Waals surface area contributed by atoms with Gasteiger partial charge in [-0.05, 0) is 59.4 Å². The molecule has 1 fully saturated rings. The van der Waals surface area contributed by atoms with E-state index in [0.29, 0.717) is 24.0 Å². The molecular weight excluding hydrogens is 423 g/mol. The second-order valence-corrected chi connectivity index (χ2v) is 7.81. The van der Waals surface area contributed by atoms with Crippen LogP contribution in [0.3, 0.4) is 0 Å². The van der Waals surface area contributed by atoms with Gasteiger partial charge in [0.2, 0.25) is 5.91 Å². The van der Waals surface area contributed by atoms with Crippen LogP contribution in [-0.2, 0) is 23.0 Å². The first-order valence-corrected chi connectivity index (χ1v) is 9.90. The van der Waals surface area contributed by atoms with Gasteiger partial charge in [0.25, 0.3) is 0 Å². The van der Waals surface area contributed by atoms with Crippen LogP contribution < -0.4 is 5.32 Å². The lowest BCUT2D eigenvalue weighted by Gasteiger charge is -2.19. The van der Waals surface area contributed by atoms with Gasteiger partial charge in [0.05, 0.1) is 17.6 Å². The number of aliphatic hydroxyl groups excluding tert-OH is 1. The van der Waals surface area contributed by atoms with E-state index in [1.165, 1.54) is 36.4 Å².